The molecule has 1 rings (SSSR count). The highest BCUT2D eigenvalue weighted by atomic mass is 14.1. The lowest BCUT2D eigenvalue weighted by molar-refractivity contribution is 0.577. The number of rotatable bonds is 3. The van der Waals surface area contributed by atoms with E-state index in [0.29, 0.717) is 0 Å². The van der Waals surface area contributed by atoms with Gasteiger partial charge in [-0.15, -0.1) is 6.58 Å². The summed E-state index contributed by atoms with van der Waals surface area (Å²) in [6.45, 7) is 6.00. The van der Waals surface area contributed by atoms with Crippen LogP contribution in [0.3, 0.4) is 0 Å². The van der Waals surface area contributed by atoms with Crippen molar-refractivity contribution in [3.63, 3.8) is 0 Å². The van der Waals surface area contributed by atoms with E-state index in [1.54, 1.807) is 0 Å². The van der Waals surface area contributed by atoms with Crippen LogP contribution in [-0.4, -0.2) is 0 Å². The summed E-state index contributed by atoms with van der Waals surface area (Å²) in [5.74, 6) is 0.858. The minimum Gasteiger partial charge on any atom is -0.100 e. The summed E-state index contributed by atoms with van der Waals surface area (Å²) in [5.41, 5.74) is 1.32. The van der Waals surface area contributed by atoms with E-state index in [1.807, 2.05) is 0 Å². The molecule has 0 N–H and O–H groups in total. The minimum absolute atomic E-state index is 0.858. The molecule has 0 spiro atoms. The fraction of sp³-hybridized carbons (Fsp3) is 0.600. The molecule has 10 heavy (non-hydrogen) atoms. The molecule has 0 saturated carbocycles. The van der Waals surface area contributed by atoms with Gasteiger partial charge >= 0.3 is 0 Å². The number of allylic oxidation sites excluding steroid dienone is 3. The third-order valence-corrected chi connectivity index (χ3v) is 2.05. The Kier molecular flexibility index (Phi) is 2.73. The van der Waals surface area contributed by atoms with Crippen molar-refractivity contribution in [3.05, 3.63) is 24.3 Å². The second kappa shape index (κ2) is 3.60. The first-order valence-corrected chi connectivity index (χ1v) is 4.10. The summed E-state index contributed by atoms with van der Waals surface area (Å²) in [4.78, 5) is 0. The maximum atomic E-state index is 3.89. The summed E-state index contributed by atoms with van der Waals surface area (Å²) in [6.07, 6.45) is 9.82. The van der Waals surface area contributed by atoms with Crippen LogP contribution >= 0.6 is 0 Å². The monoisotopic (exact) mass is 136 g/mol. The smallest absolute Gasteiger partial charge is 0.0228 e. The van der Waals surface area contributed by atoms with Crippen LogP contribution in [-0.2, 0) is 0 Å². The summed E-state index contributed by atoms with van der Waals surface area (Å²) in [6, 6.07) is 0. The first kappa shape index (κ1) is 7.59. The van der Waals surface area contributed by atoms with Crippen molar-refractivity contribution in [1.82, 2.24) is 0 Å². The first-order valence-electron chi connectivity index (χ1n) is 4.10. The van der Waals surface area contributed by atoms with Gasteiger partial charge in [-0.25, -0.2) is 0 Å². The Balaban J connectivity index is 2.13. The van der Waals surface area contributed by atoms with Crippen LogP contribution in [0.4, 0.5) is 0 Å². The van der Waals surface area contributed by atoms with E-state index in [0.717, 1.165) is 5.92 Å². The highest BCUT2D eigenvalue weighted by Crippen LogP contribution is 2.22. The largest absolute Gasteiger partial charge is 0.100 e. The fourth-order valence-corrected chi connectivity index (χ4v) is 1.37. The minimum atomic E-state index is 0.858. The van der Waals surface area contributed by atoms with Crippen molar-refractivity contribution in [2.75, 3.05) is 0 Å². The van der Waals surface area contributed by atoms with Crippen molar-refractivity contribution in [1.29, 1.82) is 0 Å². The maximum Gasteiger partial charge on any atom is -0.0228 e. The summed E-state index contributed by atoms with van der Waals surface area (Å²) in [7, 11) is 0. The van der Waals surface area contributed by atoms with Gasteiger partial charge in [-0.2, -0.15) is 0 Å². The first-order chi connectivity index (χ1) is 4.79. The van der Waals surface area contributed by atoms with Crippen LogP contribution in [0.5, 0.6) is 0 Å². The van der Waals surface area contributed by atoms with Gasteiger partial charge in [0.1, 0.15) is 0 Å². The highest BCUT2D eigenvalue weighted by Gasteiger charge is 2.07. The molecule has 0 saturated heterocycles. The lowest BCUT2D eigenvalue weighted by Gasteiger charge is -2.05. The quantitative estimate of drug-likeness (QED) is 0.522. The van der Waals surface area contributed by atoms with Gasteiger partial charge in [0.15, 0.2) is 0 Å². The molecule has 0 radical (unpaired) electrons. The summed E-state index contributed by atoms with van der Waals surface area (Å²) in [5, 5.41) is 0. The predicted molar refractivity (Wildman–Crippen MR) is 45.9 cm³/mol. The molecule has 1 atom stereocenters. The van der Waals surface area contributed by atoms with Gasteiger partial charge in [0, 0.05) is 0 Å². The van der Waals surface area contributed by atoms with Crippen LogP contribution in [0, 0.1) is 5.92 Å². The molecular weight excluding hydrogens is 120 g/mol. The van der Waals surface area contributed by atoms with Crippen LogP contribution in [0.1, 0.15) is 32.6 Å². The predicted octanol–water partition coefficient (Wildman–Crippen LogP) is 3.31. The van der Waals surface area contributed by atoms with Gasteiger partial charge < -0.3 is 0 Å². The van der Waals surface area contributed by atoms with E-state index in [4.69, 9.17) is 0 Å². The van der Waals surface area contributed by atoms with Crippen molar-refractivity contribution >= 4 is 0 Å². The fourth-order valence-electron chi connectivity index (χ4n) is 1.37. The molecule has 0 heteroatoms. The molecule has 0 aromatic heterocycles. The lowest BCUT2D eigenvalue weighted by Crippen LogP contribution is -1.91. The Morgan fingerprint density at radius 3 is 3.00 bits per heavy atom. The zero-order valence-electron chi connectivity index (χ0n) is 6.77. The molecule has 0 nitrogen and oxygen atoms in total. The van der Waals surface area contributed by atoms with Crippen molar-refractivity contribution in [2.45, 2.75) is 32.6 Å². The van der Waals surface area contributed by atoms with E-state index in [1.165, 1.54) is 31.3 Å². The molecule has 0 heterocycles. The lowest BCUT2D eigenvalue weighted by atomic mass is 10.0. The van der Waals surface area contributed by atoms with Gasteiger partial charge in [0.25, 0.3) is 0 Å². The van der Waals surface area contributed by atoms with Crippen LogP contribution < -0.4 is 0 Å². The Hall–Kier alpha value is -0.520. The molecular formula is C10H16. The molecule has 1 aliphatic carbocycles. The van der Waals surface area contributed by atoms with Crippen molar-refractivity contribution in [3.8, 4) is 0 Å². The number of hydrogen-bond donors (Lipinski definition) is 0. The van der Waals surface area contributed by atoms with E-state index in [2.05, 4.69) is 25.7 Å². The van der Waals surface area contributed by atoms with Gasteiger partial charge in [0.05, 0.1) is 0 Å². The van der Waals surface area contributed by atoms with Crippen molar-refractivity contribution in [2.24, 2.45) is 5.92 Å². The SMILES string of the molecule is C=C(C)CCC1C=CCC1. The molecule has 0 bridgehead atoms. The Bertz CT molecular complexity index is 142. The van der Waals surface area contributed by atoms with E-state index in [9.17, 15) is 0 Å². The highest BCUT2D eigenvalue weighted by molar-refractivity contribution is 4.98. The van der Waals surface area contributed by atoms with Crippen LogP contribution in [0.15, 0.2) is 24.3 Å². The van der Waals surface area contributed by atoms with Crippen LogP contribution in [0.2, 0.25) is 0 Å². The molecule has 56 valence electrons. The van der Waals surface area contributed by atoms with Crippen LogP contribution in [0.25, 0.3) is 0 Å². The second-order valence-corrected chi connectivity index (χ2v) is 3.26. The van der Waals surface area contributed by atoms with Gasteiger partial charge in [-0.3, -0.25) is 0 Å². The normalized spacial score (nSPS) is 23.5. The van der Waals surface area contributed by atoms with E-state index < -0.39 is 0 Å². The Morgan fingerprint density at radius 1 is 1.70 bits per heavy atom. The molecule has 0 aliphatic heterocycles. The summed E-state index contributed by atoms with van der Waals surface area (Å²) < 4.78 is 0. The van der Waals surface area contributed by atoms with E-state index in [-0.39, 0.29) is 0 Å². The van der Waals surface area contributed by atoms with E-state index >= 15 is 0 Å². The number of hydrogen-bond acceptors (Lipinski definition) is 0. The van der Waals surface area contributed by atoms with Crippen molar-refractivity contribution < 1.29 is 0 Å². The zero-order valence-corrected chi connectivity index (χ0v) is 6.77. The molecule has 0 aromatic carbocycles. The standard InChI is InChI=1S/C10H16/c1-9(2)7-8-10-5-3-4-6-10/h3,5,10H,1,4,6-8H2,2H3. The molecule has 0 fully saturated rings. The molecule has 0 amide bonds. The molecule has 0 aromatic rings. The molecule has 1 aliphatic rings. The Morgan fingerprint density at radius 2 is 2.50 bits per heavy atom. The average Bonchev–Trinajstić information content (AvgIpc) is 2.34. The summed E-state index contributed by atoms with van der Waals surface area (Å²) >= 11 is 0. The van der Waals surface area contributed by atoms with Gasteiger partial charge in [-0.05, 0) is 38.5 Å². The van der Waals surface area contributed by atoms with Gasteiger partial charge in [-0.1, -0.05) is 17.7 Å². The zero-order chi connectivity index (χ0) is 7.40. The third kappa shape index (κ3) is 2.38. The van der Waals surface area contributed by atoms with Gasteiger partial charge in [0.2, 0.25) is 0 Å². The average molecular weight is 136 g/mol. The second-order valence-electron chi connectivity index (χ2n) is 3.26. The maximum absolute atomic E-state index is 3.89. The topological polar surface area (TPSA) is 0 Å². The molecule has 1 unspecified atom stereocenters. The third-order valence-electron chi connectivity index (χ3n) is 2.05. The Labute approximate surface area is 63.6 Å².